The molecule has 44 heavy (non-hydrogen) atoms. The molecular formula is C35H45ClN4O4. The van der Waals surface area contributed by atoms with Crippen molar-refractivity contribution < 1.29 is 19.1 Å². The van der Waals surface area contributed by atoms with Crippen molar-refractivity contribution in [1.29, 1.82) is 0 Å². The van der Waals surface area contributed by atoms with Crippen molar-refractivity contribution in [3.05, 3.63) is 70.2 Å². The minimum absolute atomic E-state index is 0.00444. The number of halogens is 1. The zero-order valence-corrected chi connectivity index (χ0v) is 26.3. The molecule has 2 atom stereocenters. The molecule has 6 rings (SSSR count). The highest BCUT2D eigenvalue weighted by atomic mass is 35.5. The van der Waals surface area contributed by atoms with Crippen LogP contribution in [-0.4, -0.2) is 73.1 Å². The second-order valence-electron chi connectivity index (χ2n) is 13.2. The number of piperidine rings is 1. The average Bonchev–Trinajstić information content (AvgIpc) is 3.45. The summed E-state index contributed by atoms with van der Waals surface area (Å²) in [6.45, 7) is 3.89. The molecule has 2 aromatic carbocycles. The van der Waals surface area contributed by atoms with Gasteiger partial charge in [-0.3, -0.25) is 9.59 Å². The van der Waals surface area contributed by atoms with Crippen molar-refractivity contribution in [3.63, 3.8) is 0 Å². The standard InChI is InChI=1S/C35H45ClN4O4/c36-28-12-10-25(11-13-28)22-31(38-32(41)23-30-29-9-5-4-6-26(29)14-17-37-30)33(42)39-18-15-35(16-19-39,27-7-2-1-3-8-27)24-40-20-21-44-34(40)43/h4-6,9-13,27,30-31,37H,1-3,7-8,14-24H2,(H,38,41). The first-order chi connectivity index (χ1) is 21.4. The molecule has 8 nitrogen and oxygen atoms in total. The third-order valence-electron chi connectivity index (χ3n) is 10.5. The second-order valence-corrected chi connectivity index (χ2v) is 13.6. The van der Waals surface area contributed by atoms with E-state index in [0.29, 0.717) is 50.1 Å². The molecule has 0 bridgehead atoms. The maximum atomic E-state index is 14.2. The number of amides is 3. The number of ether oxygens (including phenoxy) is 1. The van der Waals surface area contributed by atoms with Crippen molar-refractivity contribution in [2.75, 3.05) is 39.3 Å². The number of carbonyl (C=O) groups excluding carboxylic acids is 3. The van der Waals surface area contributed by atoms with Gasteiger partial charge in [0.1, 0.15) is 12.6 Å². The molecule has 2 aromatic rings. The number of carbonyl (C=O) groups is 3. The Hall–Kier alpha value is -3.10. The van der Waals surface area contributed by atoms with E-state index in [2.05, 4.69) is 22.8 Å². The quantitative estimate of drug-likeness (QED) is 0.398. The zero-order valence-electron chi connectivity index (χ0n) is 25.6. The Morgan fingerprint density at radius 2 is 1.77 bits per heavy atom. The van der Waals surface area contributed by atoms with Crippen LogP contribution in [0.5, 0.6) is 0 Å². The van der Waals surface area contributed by atoms with E-state index in [4.69, 9.17) is 16.3 Å². The van der Waals surface area contributed by atoms with Gasteiger partial charge in [0.25, 0.3) is 0 Å². The number of fused-ring (bicyclic) bond motifs is 1. The van der Waals surface area contributed by atoms with Crippen LogP contribution >= 0.6 is 11.6 Å². The van der Waals surface area contributed by atoms with Crippen molar-refractivity contribution in [3.8, 4) is 0 Å². The third kappa shape index (κ3) is 7.07. The Morgan fingerprint density at radius 3 is 2.50 bits per heavy atom. The summed E-state index contributed by atoms with van der Waals surface area (Å²) in [4.78, 5) is 43.9. The fourth-order valence-electron chi connectivity index (χ4n) is 8.02. The lowest BCUT2D eigenvalue weighted by molar-refractivity contribution is -0.139. The van der Waals surface area contributed by atoms with Gasteiger partial charge < -0.3 is 25.2 Å². The van der Waals surface area contributed by atoms with Gasteiger partial charge in [-0.05, 0) is 78.8 Å². The van der Waals surface area contributed by atoms with Gasteiger partial charge in [-0.25, -0.2) is 4.79 Å². The number of rotatable bonds is 9. The molecule has 3 heterocycles. The van der Waals surface area contributed by atoms with Crippen LogP contribution in [0.4, 0.5) is 4.79 Å². The highest BCUT2D eigenvalue weighted by molar-refractivity contribution is 6.30. The summed E-state index contributed by atoms with van der Waals surface area (Å²) in [5, 5.41) is 7.26. The van der Waals surface area contributed by atoms with Crippen molar-refractivity contribution in [2.24, 2.45) is 11.3 Å². The van der Waals surface area contributed by atoms with Crippen molar-refractivity contribution >= 4 is 29.5 Å². The molecule has 4 aliphatic rings. The van der Waals surface area contributed by atoms with Crippen LogP contribution in [0.15, 0.2) is 48.5 Å². The van der Waals surface area contributed by atoms with E-state index in [9.17, 15) is 14.4 Å². The molecule has 9 heteroatoms. The Bertz CT molecular complexity index is 1320. The van der Waals surface area contributed by atoms with Gasteiger partial charge in [0.2, 0.25) is 11.8 Å². The monoisotopic (exact) mass is 620 g/mol. The maximum Gasteiger partial charge on any atom is 0.409 e. The molecule has 1 aliphatic carbocycles. The summed E-state index contributed by atoms with van der Waals surface area (Å²) in [6.07, 6.45) is 9.24. The number of likely N-dealkylation sites (tertiary alicyclic amines) is 1. The highest BCUT2D eigenvalue weighted by Gasteiger charge is 2.46. The molecule has 3 amide bonds. The fourth-order valence-corrected chi connectivity index (χ4v) is 8.15. The van der Waals surface area contributed by atoms with Gasteiger partial charge in [-0.1, -0.05) is 67.3 Å². The lowest BCUT2D eigenvalue weighted by atomic mass is 9.63. The van der Waals surface area contributed by atoms with Crippen LogP contribution in [0.1, 0.15) is 74.1 Å². The minimum atomic E-state index is -0.668. The van der Waals surface area contributed by atoms with Gasteiger partial charge in [-0.2, -0.15) is 0 Å². The van der Waals surface area contributed by atoms with Gasteiger partial charge >= 0.3 is 6.09 Å². The van der Waals surface area contributed by atoms with Crippen LogP contribution in [0.25, 0.3) is 0 Å². The third-order valence-corrected chi connectivity index (χ3v) is 10.7. The Balaban J connectivity index is 1.16. The molecule has 3 aliphatic heterocycles. The minimum Gasteiger partial charge on any atom is -0.448 e. The smallest absolute Gasteiger partial charge is 0.409 e. The predicted molar refractivity (Wildman–Crippen MR) is 170 cm³/mol. The van der Waals surface area contributed by atoms with Gasteiger partial charge in [0.15, 0.2) is 0 Å². The van der Waals surface area contributed by atoms with E-state index in [0.717, 1.165) is 36.9 Å². The van der Waals surface area contributed by atoms with Crippen LogP contribution < -0.4 is 10.6 Å². The topological polar surface area (TPSA) is 91.0 Å². The van der Waals surface area contributed by atoms with Gasteiger partial charge in [0.05, 0.1) is 6.54 Å². The second kappa shape index (κ2) is 13.9. The summed E-state index contributed by atoms with van der Waals surface area (Å²) in [5.41, 5.74) is 3.38. The highest BCUT2D eigenvalue weighted by Crippen LogP contribution is 2.47. The Kier molecular flexibility index (Phi) is 9.77. The number of hydrogen-bond acceptors (Lipinski definition) is 5. The Labute approximate surface area is 265 Å². The van der Waals surface area contributed by atoms with Crippen LogP contribution in [-0.2, 0) is 27.2 Å². The molecule has 1 saturated carbocycles. The summed E-state index contributed by atoms with van der Waals surface area (Å²) in [7, 11) is 0. The van der Waals surface area contributed by atoms with Crippen LogP contribution in [0, 0.1) is 11.3 Å². The summed E-state index contributed by atoms with van der Waals surface area (Å²) >= 11 is 6.14. The molecule has 0 aromatic heterocycles. The molecule has 3 fully saturated rings. The lowest BCUT2D eigenvalue weighted by Gasteiger charge is -2.49. The molecule has 236 valence electrons. The number of benzene rings is 2. The van der Waals surface area contributed by atoms with E-state index in [1.165, 1.54) is 37.7 Å². The molecule has 2 unspecified atom stereocenters. The molecular weight excluding hydrogens is 576 g/mol. The zero-order chi connectivity index (χ0) is 30.5. The Morgan fingerprint density at radius 1 is 1.02 bits per heavy atom. The lowest BCUT2D eigenvalue weighted by Crippen LogP contribution is -2.56. The largest absolute Gasteiger partial charge is 0.448 e. The van der Waals surface area contributed by atoms with Crippen molar-refractivity contribution in [1.82, 2.24) is 20.4 Å². The van der Waals surface area contributed by atoms with E-state index in [1.807, 2.05) is 46.2 Å². The van der Waals surface area contributed by atoms with E-state index in [1.54, 1.807) is 0 Å². The first-order valence-electron chi connectivity index (χ1n) is 16.5. The number of hydrogen-bond donors (Lipinski definition) is 2. The van der Waals surface area contributed by atoms with E-state index >= 15 is 0 Å². The SMILES string of the molecule is O=C(CC1NCCc2ccccc21)NC(Cc1ccc(Cl)cc1)C(=O)N1CCC(CN2CCOC2=O)(C2CCCCC2)CC1. The van der Waals surface area contributed by atoms with E-state index < -0.39 is 6.04 Å². The average molecular weight is 621 g/mol. The summed E-state index contributed by atoms with van der Waals surface area (Å²) < 4.78 is 5.27. The predicted octanol–water partition coefficient (Wildman–Crippen LogP) is 5.29. The number of nitrogens with one attached hydrogen (secondary N) is 2. The molecule has 0 radical (unpaired) electrons. The van der Waals surface area contributed by atoms with Crippen molar-refractivity contribution in [2.45, 2.75) is 76.3 Å². The molecule has 2 saturated heterocycles. The number of cyclic esters (lactones) is 1. The van der Waals surface area contributed by atoms with E-state index in [-0.39, 0.29) is 35.8 Å². The first-order valence-corrected chi connectivity index (χ1v) is 16.8. The first kappa shape index (κ1) is 30.9. The van der Waals surface area contributed by atoms with Crippen LogP contribution in [0.3, 0.4) is 0 Å². The fraction of sp³-hybridized carbons (Fsp3) is 0.571. The summed E-state index contributed by atoms with van der Waals surface area (Å²) in [6, 6.07) is 15.0. The van der Waals surface area contributed by atoms with Crippen LogP contribution in [0.2, 0.25) is 5.02 Å². The normalized spacial score (nSPS) is 22.7. The molecule has 0 spiro atoms. The van der Waals surface area contributed by atoms with Gasteiger partial charge in [-0.15, -0.1) is 0 Å². The number of nitrogens with zero attached hydrogens (tertiary/aromatic N) is 2. The summed E-state index contributed by atoms with van der Waals surface area (Å²) in [5.74, 6) is 0.382. The van der Waals surface area contributed by atoms with Gasteiger partial charge in [0, 0.05) is 43.5 Å². The maximum absolute atomic E-state index is 14.2. The molecule has 2 N–H and O–H groups in total.